The molecule has 0 spiro atoms. The molecule has 5 rings (SSSR count). The molecule has 3 aliphatic rings. The molecule has 3 aliphatic carbocycles. The number of alkyl halides is 6. The highest BCUT2D eigenvalue weighted by Crippen LogP contribution is 2.66. The normalized spacial score (nSPS) is 23.3. The summed E-state index contributed by atoms with van der Waals surface area (Å²) in [5.41, 5.74) is 3.16. The van der Waals surface area contributed by atoms with Gasteiger partial charge in [0.25, 0.3) is 11.8 Å². The third-order valence-electron chi connectivity index (χ3n) is 6.81. The van der Waals surface area contributed by atoms with Gasteiger partial charge in [0, 0.05) is 16.7 Å². The molecule has 5 N–H and O–H groups in total. The molecule has 0 radical (unpaired) electrons. The second-order valence-electron chi connectivity index (χ2n) is 9.61. The first-order valence-corrected chi connectivity index (χ1v) is 11.0. The van der Waals surface area contributed by atoms with Crippen LogP contribution in [0.25, 0.3) is 11.3 Å². The van der Waals surface area contributed by atoms with Gasteiger partial charge in [0.2, 0.25) is 0 Å². The van der Waals surface area contributed by atoms with Crippen LogP contribution in [-0.2, 0) is 19.9 Å². The summed E-state index contributed by atoms with van der Waals surface area (Å²) in [4.78, 5) is 44.2. The summed E-state index contributed by atoms with van der Waals surface area (Å²) in [6, 6.07) is 4.40. The largest absolute Gasteiger partial charge is 0.490 e. The van der Waals surface area contributed by atoms with Crippen LogP contribution in [0.1, 0.15) is 40.9 Å². The summed E-state index contributed by atoms with van der Waals surface area (Å²) in [5, 5.41) is 11.9. The number of nitrogen functional groups attached to an aromatic ring is 1. The van der Waals surface area contributed by atoms with Crippen LogP contribution >= 0.6 is 0 Å². The first-order valence-electron chi connectivity index (χ1n) is 11.0. The van der Waals surface area contributed by atoms with E-state index in [0.717, 1.165) is 12.3 Å². The fourth-order valence-electron chi connectivity index (χ4n) is 4.96. The molecule has 2 amide bonds. The third-order valence-corrected chi connectivity index (χ3v) is 6.81. The van der Waals surface area contributed by atoms with Crippen LogP contribution in [0.4, 0.5) is 32.2 Å². The van der Waals surface area contributed by atoms with Gasteiger partial charge in [-0.2, -0.15) is 31.6 Å². The minimum absolute atomic E-state index is 0.197. The van der Waals surface area contributed by atoms with Gasteiger partial charge >= 0.3 is 23.9 Å². The van der Waals surface area contributed by atoms with E-state index in [1.807, 2.05) is 0 Å². The van der Waals surface area contributed by atoms with E-state index in [1.165, 1.54) is 6.92 Å². The number of esters is 1. The quantitative estimate of drug-likeness (QED) is 0.360. The van der Waals surface area contributed by atoms with Crippen LogP contribution in [-0.4, -0.2) is 45.6 Å². The van der Waals surface area contributed by atoms with E-state index in [2.05, 4.69) is 26.1 Å². The Balaban J connectivity index is 1.75. The fourth-order valence-corrected chi connectivity index (χ4v) is 4.96. The molecule has 10 nitrogen and oxygen atoms in total. The molecule has 0 saturated heterocycles. The number of halogens is 6. The second kappa shape index (κ2) is 8.55. The molecule has 1 unspecified atom stereocenters. The van der Waals surface area contributed by atoms with Crippen molar-refractivity contribution >= 4 is 23.6 Å². The predicted octanol–water partition coefficient (Wildman–Crippen LogP) is 2.56. The van der Waals surface area contributed by atoms with Crippen molar-refractivity contribution in [3.63, 3.8) is 0 Å². The average molecular weight is 556 g/mol. The molecule has 206 valence electrons. The number of nitrogens with zero attached hydrogens (tertiary/aromatic N) is 3. The number of aryl methyl sites for hydroxylation is 1. The van der Waals surface area contributed by atoms with E-state index in [-0.39, 0.29) is 22.6 Å². The van der Waals surface area contributed by atoms with Crippen molar-refractivity contribution in [1.82, 2.24) is 15.3 Å². The Morgan fingerprint density at radius 1 is 1.13 bits per heavy atom. The SMILES string of the molecule is Cc1ccc(C(OC(=O)C(F)(F)F)(C(N)=O)C(F)(F)F)cc1-c1cnc(N)c(C(=O)NC23CC(C#N)(C2)C3)n1. The monoisotopic (exact) mass is 556 g/mol. The number of nitrogens with two attached hydrogens (primary N) is 2. The van der Waals surface area contributed by atoms with Crippen molar-refractivity contribution in [2.75, 3.05) is 5.73 Å². The fraction of sp³-hybridized carbons (Fsp3) is 0.391. The molecule has 1 aromatic carbocycles. The standard InChI is InChI=1S/C23H18F6N6O4/c1-10-2-3-11(21(17(32)37,23(27,28)29)39-18(38)22(24,25)26)4-12(10)13-5-33-15(31)14(34-13)16(36)35-20-6-19(7-20,8-20)9-30/h2-5H,6-8H2,1H3,(H2,31,33)(H2,32,37)(H,35,36). The number of nitrogens with one attached hydrogen (secondary N) is 1. The number of rotatable bonds is 6. The van der Waals surface area contributed by atoms with Crippen LogP contribution in [0, 0.1) is 23.7 Å². The van der Waals surface area contributed by atoms with Gasteiger partial charge in [-0.3, -0.25) is 9.59 Å². The van der Waals surface area contributed by atoms with Crippen molar-refractivity contribution < 1.29 is 45.5 Å². The van der Waals surface area contributed by atoms with Crippen molar-refractivity contribution in [3.8, 4) is 17.3 Å². The summed E-state index contributed by atoms with van der Waals surface area (Å²) in [7, 11) is 0. The zero-order valence-corrected chi connectivity index (χ0v) is 19.8. The van der Waals surface area contributed by atoms with Crippen LogP contribution < -0.4 is 16.8 Å². The smallest absolute Gasteiger partial charge is 0.427 e. The van der Waals surface area contributed by atoms with Crippen LogP contribution in [0.5, 0.6) is 0 Å². The van der Waals surface area contributed by atoms with Gasteiger partial charge in [-0.15, -0.1) is 0 Å². The molecule has 1 atom stereocenters. The summed E-state index contributed by atoms with van der Waals surface area (Å²) in [5.74, 6) is -6.81. The number of benzene rings is 1. The van der Waals surface area contributed by atoms with Crippen LogP contribution in [0.15, 0.2) is 24.4 Å². The molecule has 3 fully saturated rings. The molecule has 39 heavy (non-hydrogen) atoms. The maximum atomic E-state index is 14.1. The van der Waals surface area contributed by atoms with E-state index in [1.54, 1.807) is 0 Å². The maximum absolute atomic E-state index is 14.1. The van der Waals surface area contributed by atoms with Gasteiger partial charge in [0.1, 0.15) is 0 Å². The number of hydrogen-bond acceptors (Lipinski definition) is 8. The second-order valence-corrected chi connectivity index (χ2v) is 9.61. The number of carbonyl (C=O) groups is 3. The number of amides is 2. The lowest BCUT2D eigenvalue weighted by molar-refractivity contribution is -0.280. The molecular weight excluding hydrogens is 538 g/mol. The van der Waals surface area contributed by atoms with Crippen molar-refractivity contribution in [1.29, 1.82) is 5.26 Å². The lowest BCUT2D eigenvalue weighted by Gasteiger charge is -2.66. The Hall–Kier alpha value is -4.42. The van der Waals surface area contributed by atoms with Gasteiger partial charge < -0.3 is 21.5 Å². The Morgan fingerprint density at radius 2 is 1.74 bits per heavy atom. The molecular formula is C23H18F6N6O4. The summed E-state index contributed by atoms with van der Waals surface area (Å²) in [6.45, 7) is 1.39. The van der Waals surface area contributed by atoms with Crippen molar-refractivity contribution in [3.05, 3.63) is 41.2 Å². The number of nitriles is 1. The van der Waals surface area contributed by atoms with Crippen LogP contribution in [0.3, 0.4) is 0 Å². The topological polar surface area (TPSA) is 174 Å². The van der Waals surface area contributed by atoms with E-state index in [0.29, 0.717) is 31.4 Å². The first-order chi connectivity index (χ1) is 17.9. The number of hydrogen-bond donors (Lipinski definition) is 3. The zero-order valence-electron chi connectivity index (χ0n) is 19.8. The van der Waals surface area contributed by atoms with E-state index in [9.17, 15) is 40.7 Å². The lowest BCUT2D eigenvalue weighted by atomic mass is 9.40. The molecule has 1 aromatic heterocycles. The van der Waals surface area contributed by atoms with Gasteiger partial charge in [0.15, 0.2) is 11.5 Å². The Labute approximate surface area is 215 Å². The number of ether oxygens (including phenoxy) is 1. The Bertz CT molecular complexity index is 1430. The maximum Gasteiger partial charge on any atom is 0.490 e. The zero-order chi connectivity index (χ0) is 29.2. The highest BCUT2D eigenvalue weighted by Gasteiger charge is 2.69. The van der Waals surface area contributed by atoms with Gasteiger partial charge in [-0.05, 0) is 37.8 Å². The van der Waals surface area contributed by atoms with E-state index < -0.39 is 57.9 Å². The summed E-state index contributed by atoms with van der Waals surface area (Å²) >= 11 is 0. The molecule has 0 aliphatic heterocycles. The minimum Gasteiger partial charge on any atom is -0.427 e. The van der Waals surface area contributed by atoms with Crippen LogP contribution in [0.2, 0.25) is 0 Å². The van der Waals surface area contributed by atoms with Gasteiger partial charge in [-0.1, -0.05) is 12.1 Å². The minimum atomic E-state index is -5.91. The number of carbonyl (C=O) groups excluding carboxylic acids is 3. The number of anilines is 1. The third kappa shape index (κ3) is 4.37. The predicted molar refractivity (Wildman–Crippen MR) is 118 cm³/mol. The number of aromatic nitrogens is 2. The molecule has 3 saturated carbocycles. The number of primary amides is 1. The van der Waals surface area contributed by atoms with Crippen molar-refractivity contribution in [2.45, 2.75) is 49.7 Å². The van der Waals surface area contributed by atoms with Gasteiger partial charge in [-0.25, -0.2) is 14.8 Å². The Morgan fingerprint density at radius 3 is 2.26 bits per heavy atom. The molecule has 16 heteroatoms. The Kier molecular flexibility index (Phi) is 6.05. The molecule has 2 aromatic rings. The first kappa shape index (κ1) is 27.6. The summed E-state index contributed by atoms with van der Waals surface area (Å²) in [6.07, 6.45) is -9.50. The highest BCUT2D eigenvalue weighted by atomic mass is 19.4. The highest BCUT2D eigenvalue weighted by molar-refractivity contribution is 5.97. The van der Waals surface area contributed by atoms with Gasteiger partial charge in [0.05, 0.1) is 23.4 Å². The lowest BCUT2D eigenvalue weighted by Crippen LogP contribution is -2.74. The molecule has 2 bridgehead atoms. The molecule has 1 heterocycles. The van der Waals surface area contributed by atoms with Crippen molar-refractivity contribution in [2.24, 2.45) is 11.1 Å². The van der Waals surface area contributed by atoms with E-state index >= 15 is 0 Å². The summed E-state index contributed by atoms with van der Waals surface area (Å²) < 4.78 is 84.5. The van der Waals surface area contributed by atoms with E-state index in [4.69, 9.17) is 16.7 Å². The average Bonchev–Trinajstić information content (AvgIpc) is 2.77.